The minimum absolute atomic E-state index is 0.0925. The molecule has 0 saturated carbocycles. The van der Waals surface area contributed by atoms with E-state index in [1.165, 1.54) is 64.3 Å². The average molecular weight is 989 g/mol. The van der Waals surface area contributed by atoms with Crippen LogP contribution >= 0.6 is 11.3 Å². The summed E-state index contributed by atoms with van der Waals surface area (Å²) in [6.07, 6.45) is 0. The van der Waals surface area contributed by atoms with Gasteiger partial charge in [-0.1, -0.05) is 190 Å². The Morgan fingerprint density at radius 3 is 1.88 bits per heavy atom. The second-order valence-corrected chi connectivity index (χ2v) is 21.6. The van der Waals surface area contributed by atoms with Gasteiger partial charge in [0.2, 0.25) is 0 Å². The molecule has 5 heteroatoms. The first-order valence-corrected chi connectivity index (χ1v) is 26.9. The number of hydrogen-bond acceptors (Lipinski definition) is 4. The molecule has 11 aromatic carbocycles. The molecule has 358 valence electrons. The van der Waals surface area contributed by atoms with E-state index in [4.69, 9.17) is 9.97 Å². The fourth-order valence-electron chi connectivity index (χ4n) is 12.1. The van der Waals surface area contributed by atoms with Crippen LogP contribution in [0.2, 0.25) is 0 Å². The summed E-state index contributed by atoms with van der Waals surface area (Å²) in [6, 6.07) is 92.8. The predicted molar refractivity (Wildman–Crippen MR) is 321 cm³/mol. The molecule has 0 fully saturated rings. The standard InChI is InChI=1S/C71H48N4S/c1-71(2)62-26-10-6-22-55(62)60-43-53(35-38-63(60)71)74(54-36-39-68-61(44-54)58-24-9-13-29-67(58)76-68)51-20-15-21-52(42-51)75-65-28-12-8-23-56(65)57-37-34-49(41-66(57)75)48-18-14-19-50(40-48)70-72-64-27-11-7-25-59(64)69(73-70)47-32-30-46(31-33-47)45-16-4-3-5-17-45/h3-44H,1-2H3. The van der Waals surface area contributed by atoms with Gasteiger partial charge in [-0.15, -0.1) is 11.3 Å². The van der Waals surface area contributed by atoms with E-state index in [2.05, 4.69) is 278 Å². The molecular formula is C71H48N4S. The zero-order valence-corrected chi connectivity index (χ0v) is 42.8. The number of benzene rings is 11. The summed E-state index contributed by atoms with van der Waals surface area (Å²) in [5.74, 6) is 0.696. The topological polar surface area (TPSA) is 34.0 Å². The highest BCUT2D eigenvalue weighted by atomic mass is 32.1. The van der Waals surface area contributed by atoms with Crippen LogP contribution in [0, 0.1) is 0 Å². The Bertz CT molecular complexity index is 4620. The highest BCUT2D eigenvalue weighted by molar-refractivity contribution is 7.25. The molecule has 3 aromatic heterocycles. The second-order valence-electron chi connectivity index (χ2n) is 20.6. The van der Waals surface area contributed by atoms with Crippen LogP contribution < -0.4 is 4.90 Å². The Labute approximate surface area is 445 Å². The number of aromatic nitrogens is 3. The molecule has 1 aliphatic rings. The van der Waals surface area contributed by atoms with Crippen molar-refractivity contribution in [3.05, 3.63) is 266 Å². The van der Waals surface area contributed by atoms with Gasteiger partial charge in [-0.25, -0.2) is 9.97 Å². The average Bonchev–Trinajstić information content (AvgIpc) is 4.17. The minimum Gasteiger partial charge on any atom is -0.310 e. The second kappa shape index (κ2) is 17.3. The Hall–Kier alpha value is -9.42. The minimum atomic E-state index is -0.0925. The lowest BCUT2D eigenvalue weighted by Gasteiger charge is -2.28. The van der Waals surface area contributed by atoms with Crippen molar-refractivity contribution in [1.82, 2.24) is 14.5 Å². The molecule has 15 rings (SSSR count). The van der Waals surface area contributed by atoms with Crippen molar-refractivity contribution >= 4 is 81.3 Å². The first-order chi connectivity index (χ1) is 37.4. The van der Waals surface area contributed by atoms with Gasteiger partial charge >= 0.3 is 0 Å². The number of nitrogens with zero attached hydrogens (tertiary/aromatic N) is 4. The molecule has 0 saturated heterocycles. The van der Waals surface area contributed by atoms with Crippen LogP contribution in [0.15, 0.2) is 255 Å². The maximum absolute atomic E-state index is 5.32. The molecule has 0 radical (unpaired) electrons. The molecule has 0 amide bonds. The monoisotopic (exact) mass is 988 g/mol. The molecule has 0 bridgehead atoms. The molecule has 3 heterocycles. The Morgan fingerprint density at radius 2 is 0.987 bits per heavy atom. The maximum atomic E-state index is 5.32. The van der Waals surface area contributed by atoms with Crippen LogP contribution in [-0.4, -0.2) is 14.5 Å². The largest absolute Gasteiger partial charge is 0.310 e. The van der Waals surface area contributed by atoms with Crippen molar-refractivity contribution in [2.75, 3.05) is 4.90 Å². The number of hydrogen-bond donors (Lipinski definition) is 0. The molecule has 1 aliphatic carbocycles. The van der Waals surface area contributed by atoms with E-state index < -0.39 is 0 Å². The summed E-state index contributed by atoms with van der Waals surface area (Å²) in [7, 11) is 0. The van der Waals surface area contributed by atoms with Crippen LogP contribution in [0.3, 0.4) is 0 Å². The van der Waals surface area contributed by atoms with Crippen LogP contribution in [-0.2, 0) is 5.41 Å². The fraction of sp³-hybridized carbons (Fsp3) is 0.0423. The van der Waals surface area contributed by atoms with Crippen molar-refractivity contribution in [2.24, 2.45) is 0 Å². The Morgan fingerprint density at radius 1 is 0.368 bits per heavy atom. The van der Waals surface area contributed by atoms with E-state index in [0.29, 0.717) is 5.82 Å². The van der Waals surface area contributed by atoms with Gasteiger partial charge in [-0.05, 0) is 123 Å². The van der Waals surface area contributed by atoms with E-state index in [1.54, 1.807) is 0 Å². The zero-order valence-electron chi connectivity index (χ0n) is 41.9. The third-order valence-corrected chi connectivity index (χ3v) is 16.9. The van der Waals surface area contributed by atoms with E-state index in [0.717, 1.165) is 72.6 Å². The lowest BCUT2D eigenvalue weighted by atomic mass is 9.82. The smallest absolute Gasteiger partial charge is 0.160 e. The van der Waals surface area contributed by atoms with E-state index >= 15 is 0 Å². The SMILES string of the molecule is CC1(C)c2ccccc2-c2cc(N(c3cccc(-n4c5ccccc5c5ccc(-c6cccc(-c7nc(-c8ccc(-c9ccccc9)cc8)c8ccccc8n7)c6)cc54)c3)c3ccc4sc5ccccc5c4c3)ccc21. The molecule has 14 aromatic rings. The van der Waals surface area contributed by atoms with Gasteiger partial charge in [-0.3, -0.25) is 0 Å². The van der Waals surface area contributed by atoms with Gasteiger partial charge in [0.1, 0.15) is 0 Å². The van der Waals surface area contributed by atoms with E-state index in [-0.39, 0.29) is 5.41 Å². The molecule has 0 unspecified atom stereocenters. The van der Waals surface area contributed by atoms with Gasteiger partial charge < -0.3 is 9.47 Å². The van der Waals surface area contributed by atoms with Gasteiger partial charge in [0, 0.05) is 75.6 Å². The molecule has 0 aliphatic heterocycles. The van der Waals surface area contributed by atoms with E-state index in [1.807, 2.05) is 11.3 Å². The Kier molecular flexibility index (Phi) is 10.1. The Balaban J connectivity index is 0.856. The lowest BCUT2D eigenvalue weighted by molar-refractivity contribution is 0.660. The summed E-state index contributed by atoms with van der Waals surface area (Å²) in [4.78, 5) is 12.9. The molecule has 4 nitrogen and oxygen atoms in total. The first-order valence-electron chi connectivity index (χ1n) is 26.0. The van der Waals surface area contributed by atoms with Gasteiger partial charge in [0.25, 0.3) is 0 Å². The molecular weight excluding hydrogens is 941 g/mol. The van der Waals surface area contributed by atoms with Gasteiger partial charge in [-0.2, -0.15) is 0 Å². The lowest BCUT2D eigenvalue weighted by Crippen LogP contribution is -2.15. The molecule has 0 atom stereocenters. The number of anilines is 3. The highest BCUT2D eigenvalue weighted by Gasteiger charge is 2.35. The molecule has 0 spiro atoms. The normalized spacial score (nSPS) is 12.7. The highest BCUT2D eigenvalue weighted by Crippen LogP contribution is 2.51. The van der Waals surface area contributed by atoms with Crippen molar-refractivity contribution < 1.29 is 0 Å². The van der Waals surface area contributed by atoms with Crippen molar-refractivity contribution in [1.29, 1.82) is 0 Å². The summed E-state index contributed by atoms with van der Waals surface area (Å²) < 4.78 is 5.03. The third-order valence-electron chi connectivity index (χ3n) is 15.8. The van der Waals surface area contributed by atoms with Crippen molar-refractivity contribution in [3.63, 3.8) is 0 Å². The maximum Gasteiger partial charge on any atom is 0.160 e. The fourth-order valence-corrected chi connectivity index (χ4v) is 13.1. The van der Waals surface area contributed by atoms with Crippen LogP contribution in [0.1, 0.15) is 25.0 Å². The van der Waals surface area contributed by atoms with Crippen molar-refractivity contribution in [3.8, 4) is 61.7 Å². The first kappa shape index (κ1) is 44.1. The number of rotatable bonds is 8. The quantitative estimate of drug-likeness (QED) is 0.152. The van der Waals surface area contributed by atoms with Gasteiger partial charge in [0.15, 0.2) is 5.82 Å². The predicted octanol–water partition coefficient (Wildman–Crippen LogP) is 19.5. The molecule has 76 heavy (non-hydrogen) atoms. The van der Waals surface area contributed by atoms with Crippen LogP contribution in [0.25, 0.3) is 115 Å². The number of para-hydroxylation sites is 2. The molecule has 0 N–H and O–H groups in total. The van der Waals surface area contributed by atoms with Crippen LogP contribution in [0.5, 0.6) is 0 Å². The van der Waals surface area contributed by atoms with E-state index in [9.17, 15) is 0 Å². The summed E-state index contributed by atoms with van der Waals surface area (Å²) in [5, 5.41) is 6.00. The third kappa shape index (κ3) is 7.11. The van der Waals surface area contributed by atoms with Gasteiger partial charge in [0.05, 0.1) is 22.2 Å². The van der Waals surface area contributed by atoms with Crippen LogP contribution in [0.4, 0.5) is 17.1 Å². The summed E-state index contributed by atoms with van der Waals surface area (Å²) >= 11 is 1.86. The summed E-state index contributed by atoms with van der Waals surface area (Å²) in [6.45, 7) is 4.70. The number of thiophene rings is 1. The number of fused-ring (bicyclic) bond motifs is 10. The van der Waals surface area contributed by atoms with Crippen molar-refractivity contribution in [2.45, 2.75) is 19.3 Å². The zero-order chi connectivity index (χ0) is 50.5. The summed E-state index contributed by atoms with van der Waals surface area (Å²) in [5.41, 5.74) is 20.4.